The second-order valence-corrected chi connectivity index (χ2v) is 6.39. The summed E-state index contributed by atoms with van der Waals surface area (Å²) in [5.41, 5.74) is 7.12. The third kappa shape index (κ3) is 2.45. The van der Waals surface area contributed by atoms with E-state index >= 15 is 0 Å². The molecule has 1 aliphatic carbocycles. The molecule has 1 heterocycles. The minimum Gasteiger partial charge on any atom is -0.376 e. The molecule has 2 aliphatic rings. The first-order chi connectivity index (χ1) is 9.70. The van der Waals surface area contributed by atoms with Crippen molar-refractivity contribution in [3.05, 3.63) is 29.8 Å². The van der Waals surface area contributed by atoms with Crippen molar-refractivity contribution in [3.63, 3.8) is 0 Å². The highest BCUT2D eigenvalue weighted by molar-refractivity contribution is 7.99. The van der Waals surface area contributed by atoms with Crippen molar-refractivity contribution in [1.82, 2.24) is 5.32 Å². The Labute approximate surface area is 123 Å². The fraction of sp³-hybridized carbons (Fsp3) is 0.533. The molecule has 1 saturated carbocycles. The van der Waals surface area contributed by atoms with Gasteiger partial charge < -0.3 is 15.8 Å². The molecule has 4 atom stereocenters. The predicted molar refractivity (Wildman–Crippen MR) is 79.8 cm³/mol. The molecule has 0 spiro atoms. The first-order valence-corrected chi connectivity index (χ1v) is 8.08. The molecule has 0 saturated heterocycles. The van der Waals surface area contributed by atoms with Gasteiger partial charge >= 0.3 is 0 Å². The zero-order valence-corrected chi connectivity index (χ0v) is 12.4. The fourth-order valence-electron chi connectivity index (χ4n) is 2.87. The molecule has 3 rings (SSSR count). The summed E-state index contributed by atoms with van der Waals surface area (Å²) in [7, 11) is 0. The topological polar surface area (TPSA) is 64.3 Å². The SMILES string of the molecule is CCOC1CC(N)C1NC(=O)C1CSc2ccccc21. The minimum atomic E-state index is -0.0636. The highest BCUT2D eigenvalue weighted by Gasteiger charge is 2.42. The maximum absolute atomic E-state index is 12.5. The number of carbonyl (C=O) groups excluding carboxylic acids is 1. The molecule has 1 fully saturated rings. The Morgan fingerprint density at radius 1 is 1.50 bits per heavy atom. The first-order valence-electron chi connectivity index (χ1n) is 7.10. The second-order valence-electron chi connectivity index (χ2n) is 5.33. The third-order valence-electron chi connectivity index (χ3n) is 4.07. The Morgan fingerprint density at radius 2 is 2.30 bits per heavy atom. The van der Waals surface area contributed by atoms with E-state index in [1.807, 2.05) is 25.1 Å². The summed E-state index contributed by atoms with van der Waals surface area (Å²) in [6.07, 6.45) is 0.901. The van der Waals surface area contributed by atoms with Gasteiger partial charge in [-0.3, -0.25) is 4.79 Å². The standard InChI is InChI=1S/C15H20N2O2S/c1-2-19-12-7-11(16)14(12)17-15(18)10-8-20-13-6-4-3-5-9(10)13/h3-6,10-12,14H,2,7-8,16H2,1H3,(H,17,18). The number of nitrogens with one attached hydrogen (secondary N) is 1. The van der Waals surface area contributed by atoms with Gasteiger partial charge in [0.05, 0.1) is 18.1 Å². The number of ether oxygens (including phenoxy) is 1. The van der Waals surface area contributed by atoms with Gasteiger partial charge in [-0.15, -0.1) is 11.8 Å². The maximum Gasteiger partial charge on any atom is 0.228 e. The molecule has 4 nitrogen and oxygen atoms in total. The fourth-order valence-corrected chi connectivity index (χ4v) is 4.10. The largest absolute Gasteiger partial charge is 0.376 e. The third-order valence-corrected chi connectivity index (χ3v) is 5.26. The number of amides is 1. The van der Waals surface area contributed by atoms with Gasteiger partial charge in [0.2, 0.25) is 5.91 Å². The molecule has 1 aliphatic heterocycles. The lowest BCUT2D eigenvalue weighted by Gasteiger charge is -2.42. The van der Waals surface area contributed by atoms with Crippen LogP contribution in [0, 0.1) is 0 Å². The number of hydrogen-bond acceptors (Lipinski definition) is 4. The van der Waals surface area contributed by atoms with E-state index < -0.39 is 0 Å². The Bertz CT molecular complexity index is 506. The molecule has 1 aromatic carbocycles. The van der Waals surface area contributed by atoms with Crippen molar-refractivity contribution in [2.75, 3.05) is 12.4 Å². The zero-order chi connectivity index (χ0) is 14.1. The average Bonchev–Trinajstić information content (AvgIpc) is 2.88. The summed E-state index contributed by atoms with van der Waals surface area (Å²) in [5, 5.41) is 3.08. The Morgan fingerprint density at radius 3 is 3.05 bits per heavy atom. The molecule has 3 N–H and O–H groups in total. The number of hydrogen-bond donors (Lipinski definition) is 2. The van der Waals surface area contributed by atoms with Gasteiger partial charge in [0, 0.05) is 23.3 Å². The monoisotopic (exact) mass is 292 g/mol. The number of rotatable bonds is 4. The number of fused-ring (bicyclic) bond motifs is 1. The maximum atomic E-state index is 12.5. The summed E-state index contributed by atoms with van der Waals surface area (Å²) in [6, 6.07) is 8.09. The van der Waals surface area contributed by atoms with Crippen LogP contribution in [0.5, 0.6) is 0 Å². The minimum absolute atomic E-state index is 0.0137. The summed E-state index contributed by atoms with van der Waals surface area (Å²) >= 11 is 1.75. The van der Waals surface area contributed by atoms with E-state index in [0.29, 0.717) is 6.61 Å². The van der Waals surface area contributed by atoms with Gasteiger partial charge in [0.15, 0.2) is 0 Å². The predicted octanol–water partition coefficient (Wildman–Crippen LogP) is 1.50. The molecule has 4 unspecified atom stereocenters. The van der Waals surface area contributed by atoms with E-state index in [9.17, 15) is 4.79 Å². The van der Waals surface area contributed by atoms with Crippen LogP contribution in [-0.4, -0.2) is 36.5 Å². The lowest BCUT2D eigenvalue weighted by atomic mass is 9.83. The summed E-state index contributed by atoms with van der Waals surface area (Å²) in [4.78, 5) is 13.7. The van der Waals surface area contributed by atoms with E-state index in [2.05, 4.69) is 11.4 Å². The number of benzene rings is 1. The highest BCUT2D eigenvalue weighted by atomic mass is 32.2. The second kappa shape index (κ2) is 5.76. The first kappa shape index (κ1) is 13.9. The quantitative estimate of drug-likeness (QED) is 0.882. The molecular weight excluding hydrogens is 272 g/mol. The Hall–Kier alpha value is -1.04. The molecule has 0 aromatic heterocycles. The van der Waals surface area contributed by atoms with E-state index in [1.54, 1.807) is 11.8 Å². The van der Waals surface area contributed by atoms with Crippen molar-refractivity contribution in [1.29, 1.82) is 0 Å². The van der Waals surface area contributed by atoms with Crippen molar-refractivity contribution in [2.24, 2.45) is 5.73 Å². The average molecular weight is 292 g/mol. The number of nitrogens with two attached hydrogens (primary N) is 1. The van der Waals surface area contributed by atoms with Crippen LogP contribution in [0.1, 0.15) is 24.8 Å². The molecule has 0 radical (unpaired) electrons. The van der Waals surface area contributed by atoms with Crippen molar-refractivity contribution in [2.45, 2.75) is 42.3 Å². The lowest BCUT2D eigenvalue weighted by Crippen LogP contribution is -2.65. The van der Waals surface area contributed by atoms with Gasteiger partial charge in [0.1, 0.15) is 0 Å². The Kier molecular flexibility index (Phi) is 4.01. The van der Waals surface area contributed by atoms with Crippen LogP contribution in [0.15, 0.2) is 29.2 Å². The van der Waals surface area contributed by atoms with E-state index in [-0.39, 0.29) is 30.0 Å². The summed E-state index contributed by atoms with van der Waals surface area (Å²) in [5.74, 6) is 0.825. The van der Waals surface area contributed by atoms with Gasteiger partial charge in [0.25, 0.3) is 0 Å². The van der Waals surface area contributed by atoms with Crippen LogP contribution in [0.2, 0.25) is 0 Å². The van der Waals surface area contributed by atoms with Gasteiger partial charge in [-0.05, 0) is 25.0 Å². The van der Waals surface area contributed by atoms with E-state index in [1.165, 1.54) is 4.90 Å². The van der Waals surface area contributed by atoms with Crippen LogP contribution < -0.4 is 11.1 Å². The Balaban J connectivity index is 1.66. The molecule has 20 heavy (non-hydrogen) atoms. The normalized spacial score (nSPS) is 31.5. The van der Waals surface area contributed by atoms with Crippen LogP contribution in [0.4, 0.5) is 0 Å². The van der Waals surface area contributed by atoms with Gasteiger partial charge in [-0.1, -0.05) is 18.2 Å². The number of thioether (sulfide) groups is 1. The lowest BCUT2D eigenvalue weighted by molar-refractivity contribution is -0.126. The molecular formula is C15H20N2O2S. The molecule has 108 valence electrons. The zero-order valence-electron chi connectivity index (χ0n) is 11.5. The van der Waals surface area contributed by atoms with Crippen LogP contribution in [0.3, 0.4) is 0 Å². The van der Waals surface area contributed by atoms with Crippen LogP contribution in [0.25, 0.3) is 0 Å². The van der Waals surface area contributed by atoms with E-state index in [0.717, 1.165) is 17.7 Å². The molecule has 1 amide bonds. The van der Waals surface area contributed by atoms with Gasteiger partial charge in [-0.25, -0.2) is 0 Å². The highest BCUT2D eigenvalue weighted by Crippen LogP contribution is 2.39. The number of carbonyl (C=O) groups is 1. The van der Waals surface area contributed by atoms with Gasteiger partial charge in [-0.2, -0.15) is 0 Å². The molecule has 1 aromatic rings. The van der Waals surface area contributed by atoms with Crippen LogP contribution in [-0.2, 0) is 9.53 Å². The molecule has 5 heteroatoms. The van der Waals surface area contributed by atoms with E-state index in [4.69, 9.17) is 10.5 Å². The summed E-state index contributed by atoms with van der Waals surface area (Å²) < 4.78 is 5.59. The van der Waals surface area contributed by atoms with Crippen molar-refractivity contribution in [3.8, 4) is 0 Å². The van der Waals surface area contributed by atoms with Crippen molar-refractivity contribution < 1.29 is 9.53 Å². The smallest absolute Gasteiger partial charge is 0.228 e. The van der Waals surface area contributed by atoms with Crippen molar-refractivity contribution >= 4 is 17.7 Å². The van der Waals surface area contributed by atoms with Crippen LogP contribution >= 0.6 is 11.8 Å². The summed E-state index contributed by atoms with van der Waals surface area (Å²) in [6.45, 7) is 2.62. The molecule has 0 bridgehead atoms.